The number of methoxy groups -OCH3 is 1. The zero-order valence-corrected chi connectivity index (χ0v) is 28.5. The number of carboxylic acids is 1. The molecule has 40 heavy (non-hydrogen) atoms. The van der Waals surface area contributed by atoms with Gasteiger partial charge in [-0.05, 0) is 64.2 Å². The summed E-state index contributed by atoms with van der Waals surface area (Å²) in [4.78, 5) is 35.2. The Balaban J connectivity index is -0.000000576. The molecule has 2 aliphatic rings. The smallest absolute Gasteiger partial charge is 0.790 e. The molecule has 2 fully saturated rings. The van der Waals surface area contributed by atoms with Crippen molar-refractivity contribution >= 4 is 13.8 Å². The molecular weight excluding hydrogens is 720 g/mol. The van der Waals surface area contributed by atoms with Gasteiger partial charge < -0.3 is 54.9 Å². The second-order valence-electron chi connectivity index (χ2n) is 11.6. The van der Waals surface area contributed by atoms with E-state index in [1.165, 1.54) is 90.7 Å². The number of nitrogens with zero attached hydrogens (tertiary/aromatic N) is 1. The summed E-state index contributed by atoms with van der Waals surface area (Å²) in [5, 5.41) is 20.8. The van der Waals surface area contributed by atoms with E-state index >= 15 is 0 Å². The average molecular weight is 779 g/mol. The molecule has 0 spiro atoms. The molecule has 13 heteroatoms. The summed E-state index contributed by atoms with van der Waals surface area (Å²) >= 11 is 0. The largest absolute Gasteiger partial charge is 2.00 e. The Morgan fingerprint density at radius 1 is 0.925 bits per heavy atom. The van der Waals surface area contributed by atoms with E-state index in [2.05, 4.69) is 21.0 Å². The molecule has 1 unspecified atom stereocenters. The number of aliphatic carboxylic acids is 1. The van der Waals surface area contributed by atoms with Gasteiger partial charge >= 0.3 is 21.1 Å². The number of unbranched alkanes of at least 4 members (excludes halogenated alkanes) is 4. The zero-order valence-electron chi connectivity index (χ0n) is 25.3. The van der Waals surface area contributed by atoms with Crippen LogP contribution in [0.1, 0.15) is 110 Å². The van der Waals surface area contributed by atoms with Crippen molar-refractivity contribution in [3.8, 4) is 0 Å². The number of quaternary nitrogens is 1. The van der Waals surface area contributed by atoms with E-state index in [4.69, 9.17) is 35.4 Å². The van der Waals surface area contributed by atoms with Crippen LogP contribution < -0.4 is 26.4 Å². The maximum atomic E-state index is 10.9. The summed E-state index contributed by atoms with van der Waals surface area (Å²) < 4.78 is 14.4. The normalized spacial score (nSPS) is 17.6. The molecule has 0 aromatic heterocycles. The van der Waals surface area contributed by atoms with Crippen LogP contribution in [0.25, 0.3) is 0 Å². The predicted molar refractivity (Wildman–Crippen MR) is 149 cm³/mol. The molecule has 1 atom stereocenters. The number of carboxylic acid groups (broad SMARTS) is 1. The third kappa shape index (κ3) is 31.0. The molecule has 2 rings (SSSR count). The topological polar surface area (TPSA) is 205 Å². The summed E-state index contributed by atoms with van der Waals surface area (Å²) in [5.41, 5.74) is 9.32. The Hall–Kier alpha value is 0.0683. The monoisotopic (exact) mass is 778 g/mol. The van der Waals surface area contributed by atoms with Gasteiger partial charge in [0.25, 0.3) is 0 Å². The molecule has 244 valence electrons. The van der Waals surface area contributed by atoms with Crippen molar-refractivity contribution in [3.63, 3.8) is 0 Å². The fraction of sp³-hybridized carbons (Fsp3) is 0.963. The van der Waals surface area contributed by atoms with E-state index in [9.17, 15) is 15.0 Å². The quantitative estimate of drug-likeness (QED) is 0.118. The SMILES string of the molecule is CCCCC[N+](C)(C)CCCCCC(O)(COC)C(=O)[O-].NC1CCCC1.NC1CCCCC1.O=P([O-])([O-])O.[Pt+2]. The van der Waals surface area contributed by atoms with Gasteiger partial charge in [-0.25, -0.2) is 0 Å². The first-order valence-electron chi connectivity index (χ1n) is 14.6. The molecule has 0 heterocycles. The maximum absolute atomic E-state index is 10.9. The predicted octanol–water partition coefficient (Wildman–Crippen LogP) is 0.911. The summed E-state index contributed by atoms with van der Waals surface area (Å²) in [6.45, 7) is 4.25. The van der Waals surface area contributed by atoms with Crippen molar-refractivity contribution in [1.82, 2.24) is 0 Å². The molecule has 0 saturated heterocycles. The number of aliphatic hydroxyl groups is 1. The maximum Gasteiger partial charge on any atom is 2.00 e. The molecule has 0 bridgehead atoms. The molecule has 2 saturated carbocycles. The van der Waals surface area contributed by atoms with Crippen LogP contribution in [0, 0.1) is 0 Å². The van der Waals surface area contributed by atoms with Gasteiger partial charge in [-0.3, -0.25) is 0 Å². The number of hydrogen-bond donors (Lipinski definition) is 4. The zero-order chi connectivity index (χ0) is 30.4. The van der Waals surface area contributed by atoms with Crippen LogP contribution in [0.5, 0.6) is 0 Å². The molecule has 0 amide bonds. The third-order valence-corrected chi connectivity index (χ3v) is 7.03. The molecule has 0 aromatic carbocycles. The number of phosphoric acid groups is 1. The third-order valence-electron chi connectivity index (χ3n) is 7.03. The van der Waals surface area contributed by atoms with Crippen molar-refractivity contribution in [2.45, 2.75) is 127 Å². The Kier molecular flexibility index (Phi) is 28.4. The van der Waals surface area contributed by atoms with Gasteiger partial charge in [0, 0.05) is 19.2 Å². The molecule has 0 radical (unpaired) electrons. The van der Waals surface area contributed by atoms with E-state index in [1.807, 2.05) is 0 Å². The van der Waals surface area contributed by atoms with Crippen molar-refractivity contribution in [1.29, 1.82) is 0 Å². The fourth-order valence-electron chi connectivity index (χ4n) is 4.60. The van der Waals surface area contributed by atoms with Gasteiger partial charge in [-0.1, -0.05) is 45.4 Å². The Bertz CT molecular complexity index is 637. The molecular formula is C27H58N3O8PPt. The second-order valence-corrected chi connectivity index (χ2v) is 12.5. The van der Waals surface area contributed by atoms with Gasteiger partial charge in [0.15, 0.2) is 0 Å². The van der Waals surface area contributed by atoms with E-state index in [1.54, 1.807) is 0 Å². The first-order valence-corrected chi connectivity index (χ1v) is 16.1. The van der Waals surface area contributed by atoms with Gasteiger partial charge in [-0.2, -0.15) is 0 Å². The summed E-state index contributed by atoms with van der Waals surface area (Å²) in [7, 11) is 0.709. The Morgan fingerprint density at radius 3 is 1.65 bits per heavy atom. The summed E-state index contributed by atoms with van der Waals surface area (Å²) in [6.07, 6.45) is 18.5. The van der Waals surface area contributed by atoms with Crippen LogP contribution in [0.3, 0.4) is 0 Å². The fourth-order valence-corrected chi connectivity index (χ4v) is 4.60. The Morgan fingerprint density at radius 2 is 1.32 bits per heavy atom. The molecule has 11 nitrogen and oxygen atoms in total. The van der Waals surface area contributed by atoms with Crippen molar-refractivity contribution < 1.29 is 64.5 Å². The minimum absolute atomic E-state index is 0. The molecule has 2 aliphatic carbocycles. The van der Waals surface area contributed by atoms with Crippen LogP contribution in [0.2, 0.25) is 0 Å². The minimum Gasteiger partial charge on any atom is -0.790 e. The van der Waals surface area contributed by atoms with E-state index in [-0.39, 0.29) is 34.1 Å². The molecule has 0 aliphatic heterocycles. The van der Waals surface area contributed by atoms with Crippen LogP contribution in [0.15, 0.2) is 0 Å². The van der Waals surface area contributed by atoms with Crippen LogP contribution >= 0.6 is 7.82 Å². The van der Waals surface area contributed by atoms with E-state index < -0.39 is 19.4 Å². The van der Waals surface area contributed by atoms with E-state index in [0.29, 0.717) is 18.5 Å². The minimum atomic E-state index is -5.14. The number of hydrogen-bond acceptors (Lipinski definition) is 9. The van der Waals surface area contributed by atoms with Crippen LogP contribution in [-0.4, -0.2) is 79.0 Å². The second kappa shape index (κ2) is 25.6. The van der Waals surface area contributed by atoms with Crippen molar-refractivity contribution in [2.24, 2.45) is 11.5 Å². The molecule has 0 aromatic rings. The van der Waals surface area contributed by atoms with Gasteiger partial charge in [0.2, 0.25) is 0 Å². The van der Waals surface area contributed by atoms with Crippen LogP contribution in [0.4, 0.5) is 0 Å². The van der Waals surface area contributed by atoms with Crippen molar-refractivity contribution in [2.75, 3.05) is 40.9 Å². The van der Waals surface area contributed by atoms with Crippen molar-refractivity contribution in [3.05, 3.63) is 0 Å². The number of rotatable bonds is 13. The van der Waals surface area contributed by atoms with Gasteiger partial charge in [-0.15, -0.1) is 0 Å². The standard InChI is InChI=1S/C16H33NO4.C6H13N.C5H11N.H3O4P.Pt/c1-5-6-9-12-17(2,3)13-10-7-8-11-16(20,14-21-4)15(18)19;7-6-4-2-1-3-5-6;6-5-3-1-2-4-5;1-5(2,3)4;/h20H,5-14H2,1-4H3;6H,1-5,7H2;5H,1-4,6H2;(H3,1,2,3,4);/q;;;;+2/p-2. The van der Waals surface area contributed by atoms with Gasteiger partial charge in [0.05, 0.1) is 47.6 Å². The summed E-state index contributed by atoms with van der Waals surface area (Å²) in [6, 6.07) is 1.08. The number of nitrogens with two attached hydrogens (primary N) is 2. The number of carbonyl (C=O) groups is 1. The number of carbonyl (C=O) groups excluding carboxylic acids is 1. The first kappa shape index (κ1) is 44.5. The van der Waals surface area contributed by atoms with Crippen LogP contribution in [-0.2, 0) is 35.2 Å². The average Bonchev–Trinajstić information content (AvgIpc) is 3.30. The summed E-state index contributed by atoms with van der Waals surface area (Å²) in [5.74, 6) is -1.44. The molecule has 6 N–H and O–H groups in total. The van der Waals surface area contributed by atoms with E-state index in [0.717, 1.165) is 23.9 Å². The number of ether oxygens (including phenoxy) is 1. The first-order chi connectivity index (χ1) is 18.1. The van der Waals surface area contributed by atoms with Gasteiger partial charge in [0.1, 0.15) is 5.60 Å². The Labute approximate surface area is 257 Å².